The van der Waals surface area contributed by atoms with Crippen LogP contribution in [0.5, 0.6) is 0 Å². The number of hydrogen-bond donors (Lipinski definition) is 3. The minimum absolute atomic E-state index is 0.292. The molecule has 0 aliphatic carbocycles. The fourth-order valence-corrected chi connectivity index (χ4v) is 2.47. The van der Waals surface area contributed by atoms with Gasteiger partial charge in [0.15, 0.2) is 0 Å². The van der Waals surface area contributed by atoms with Gasteiger partial charge in [0, 0.05) is 30.4 Å². The average molecular weight is 286 g/mol. The number of amides is 2. The summed E-state index contributed by atoms with van der Waals surface area (Å²) in [6.07, 6.45) is 3.60. The number of aromatic nitrogens is 2. The van der Waals surface area contributed by atoms with E-state index in [-0.39, 0.29) is 0 Å². The van der Waals surface area contributed by atoms with Gasteiger partial charge in [0.2, 0.25) is 0 Å². The number of para-hydroxylation sites is 1. The van der Waals surface area contributed by atoms with Gasteiger partial charge in [-0.15, -0.1) is 0 Å². The molecule has 1 aliphatic heterocycles. The molecule has 0 saturated carbocycles. The van der Waals surface area contributed by atoms with E-state index in [0.717, 1.165) is 11.1 Å². The van der Waals surface area contributed by atoms with Crippen molar-refractivity contribution >= 4 is 17.7 Å². The molecule has 2 amide bonds. The number of carbonyl (C=O) groups excluding carboxylic acids is 1. The molecule has 3 rings (SSSR count). The molecule has 1 atom stereocenters. The minimum atomic E-state index is -1.01. The predicted octanol–water partition coefficient (Wildman–Crippen LogP) is 1.14. The number of carbonyl (C=O) groups is 2. The van der Waals surface area contributed by atoms with Crippen molar-refractivity contribution in [2.24, 2.45) is 0 Å². The number of hydrogen-bond acceptors (Lipinski definition) is 3. The molecule has 0 spiro atoms. The second kappa shape index (κ2) is 5.28. The van der Waals surface area contributed by atoms with Crippen molar-refractivity contribution in [3.63, 3.8) is 0 Å². The zero-order valence-electron chi connectivity index (χ0n) is 11.1. The van der Waals surface area contributed by atoms with Gasteiger partial charge in [-0.1, -0.05) is 18.2 Å². The van der Waals surface area contributed by atoms with Crippen molar-refractivity contribution in [2.75, 3.05) is 4.90 Å². The maximum atomic E-state index is 12.3. The van der Waals surface area contributed by atoms with Gasteiger partial charge in [0.25, 0.3) is 0 Å². The second-order valence-corrected chi connectivity index (χ2v) is 4.82. The van der Waals surface area contributed by atoms with Crippen molar-refractivity contribution in [2.45, 2.75) is 19.0 Å². The average Bonchev–Trinajstić information content (AvgIpc) is 3.11. The summed E-state index contributed by atoms with van der Waals surface area (Å²) in [7, 11) is 0. The lowest BCUT2D eigenvalue weighted by Gasteiger charge is -2.22. The van der Waals surface area contributed by atoms with E-state index in [4.69, 9.17) is 0 Å². The van der Waals surface area contributed by atoms with Crippen molar-refractivity contribution in [3.8, 4) is 0 Å². The van der Waals surface area contributed by atoms with Gasteiger partial charge in [0.1, 0.15) is 6.04 Å². The molecule has 1 unspecified atom stereocenters. The number of nitrogens with zero attached hydrogens (tertiary/aromatic N) is 2. The van der Waals surface area contributed by atoms with Crippen LogP contribution in [0.15, 0.2) is 36.7 Å². The van der Waals surface area contributed by atoms with E-state index in [9.17, 15) is 14.7 Å². The Bertz CT molecular complexity index is 669. The summed E-state index contributed by atoms with van der Waals surface area (Å²) >= 11 is 0. The molecule has 21 heavy (non-hydrogen) atoms. The highest BCUT2D eigenvalue weighted by Crippen LogP contribution is 2.32. The van der Waals surface area contributed by atoms with Crippen LogP contribution < -0.4 is 10.2 Å². The molecule has 0 saturated heterocycles. The van der Waals surface area contributed by atoms with Crippen LogP contribution in [0.1, 0.15) is 11.1 Å². The van der Waals surface area contributed by atoms with Gasteiger partial charge in [0.05, 0.1) is 6.20 Å². The molecule has 2 heterocycles. The molecule has 1 aromatic heterocycles. The lowest BCUT2D eigenvalue weighted by atomic mass is 10.1. The highest BCUT2D eigenvalue weighted by Gasteiger charge is 2.38. The molecular formula is C14H14N4O3. The monoisotopic (exact) mass is 286 g/mol. The molecule has 7 heteroatoms. The number of aliphatic carboxylic acids is 1. The topological polar surface area (TPSA) is 98.3 Å². The Balaban J connectivity index is 1.80. The first-order valence-corrected chi connectivity index (χ1v) is 6.52. The molecule has 0 radical (unpaired) electrons. The SMILES string of the molecule is O=C(O)C1Cc2ccccc2N1C(=O)NCc1cn[nH]c1. The molecule has 0 bridgehead atoms. The van der Waals surface area contributed by atoms with Crippen LogP contribution in [-0.4, -0.2) is 33.3 Å². The first kappa shape index (κ1) is 13.2. The fraction of sp³-hybridized carbons (Fsp3) is 0.214. The number of rotatable bonds is 3. The van der Waals surface area contributed by atoms with E-state index in [2.05, 4.69) is 15.5 Å². The number of nitrogens with one attached hydrogen (secondary N) is 2. The third kappa shape index (κ3) is 2.45. The Morgan fingerprint density at radius 3 is 2.95 bits per heavy atom. The number of urea groups is 1. The van der Waals surface area contributed by atoms with Crippen molar-refractivity contribution in [1.82, 2.24) is 15.5 Å². The molecular weight excluding hydrogens is 272 g/mol. The molecule has 3 N–H and O–H groups in total. The summed E-state index contributed by atoms with van der Waals surface area (Å²) in [6, 6.07) is 5.94. The van der Waals surface area contributed by atoms with Gasteiger partial charge in [-0.25, -0.2) is 9.59 Å². The van der Waals surface area contributed by atoms with E-state index >= 15 is 0 Å². The van der Waals surface area contributed by atoms with Gasteiger partial charge < -0.3 is 10.4 Å². The van der Waals surface area contributed by atoms with Crippen LogP contribution in [0.4, 0.5) is 10.5 Å². The Morgan fingerprint density at radius 1 is 1.43 bits per heavy atom. The third-order valence-electron chi connectivity index (χ3n) is 3.48. The zero-order valence-corrected chi connectivity index (χ0v) is 11.1. The largest absolute Gasteiger partial charge is 0.480 e. The summed E-state index contributed by atoms with van der Waals surface area (Å²) in [4.78, 5) is 25.0. The Morgan fingerprint density at radius 2 is 2.24 bits per heavy atom. The molecule has 108 valence electrons. The number of carboxylic acids is 1. The Labute approximate surface area is 120 Å². The lowest BCUT2D eigenvalue weighted by Crippen LogP contribution is -2.47. The molecule has 7 nitrogen and oxygen atoms in total. The van der Waals surface area contributed by atoms with Crippen molar-refractivity contribution in [3.05, 3.63) is 47.8 Å². The van der Waals surface area contributed by atoms with E-state index in [1.807, 2.05) is 12.1 Å². The molecule has 0 fully saturated rings. The third-order valence-corrected chi connectivity index (χ3v) is 3.48. The summed E-state index contributed by atoms with van der Waals surface area (Å²) < 4.78 is 0. The second-order valence-electron chi connectivity index (χ2n) is 4.82. The van der Waals surface area contributed by atoms with Crippen LogP contribution >= 0.6 is 0 Å². The predicted molar refractivity (Wildman–Crippen MR) is 74.9 cm³/mol. The molecule has 1 aliphatic rings. The van der Waals surface area contributed by atoms with Gasteiger partial charge in [-0.3, -0.25) is 10.00 Å². The van der Waals surface area contributed by atoms with Crippen molar-refractivity contribution < 1.29 is 14.7 Å². The number of carboxylic acid groups (broad SMARTS) is 1. The van der Waals surface area contributed by atoms with E-state index in [1.54, 1.807) is 24.5 Å². The Kier molecular flexibility index (Phi) is 3.31. The highest BCUT2D eigenvalue weighted by atomic mass is 16.4. The maximum absolute atomic E-state index is 12.3. The first-order chi connectivity index (χ1) is 10.2. The standard InChI is InChI=1S/C14H14N4O3/c19-13(20)12-5-10-3-1-2-4-11(10)18(12)14(21)15-6-9-7-16-17-8-9/h1-4,7-8,12H,5-6H2,(H,15,21)(H,16,17)(H,19,20). The van der Waals surface area contributed by atoms with Crippen LogP contribution in [0, 0.1) is 0 Å². The number of H-pyrrole nitrogens is 1. The summed E-state index contributed by atoms with van der Waals surface area (Å²) in [5, 5.41) is 18.5. The van der Waals surface area contributed by atoms with Crippen molar-refractivity contribution in [1.29, 1.82) is 0 Å². The van der Waals surface area contributed by atoms with Gasteiger partial charge in [-0.2, -0.15) is 5.10 Å². The van der Waals surface area contributed by atoms with Crippen LogP contribution in [0.2, 0.25) is 0 Å². The van der Waals surface area contributed by atoms with E-state index in [1.165, 1.54) is 4.90 Å². The number of anilines is 1. The maximum Gasteiger partial charge on any atom is 0.327 e. The van der Waals surface area contributed by atoms with E-state index in [0.29, 0.717) is 18.7 Å². The van der Waals surface area contributed by atoms with Gasteiger partial charge in [-0.05, 0) is 11.6 Å². The highest BCUT2D eigenvalue weighted by molar-refractivity contribution is 6.01. The van der Waals surface area contributed by atoms with Crippen LogP contribution in [-0.2, 0) is 17.8 Å². The smallest absolute Gasteiger partial charge is 0.327 e. The van der Waals surface area contributed by atoms with Crippen LogP contribution in [0.25, 0.3) is 0 Å². The van der Waals surface area contributed by atoms with E-state index < -0.39 is 18.0 Å². The summed E-state index contributed by atoms with van der Waals surface area (Å²) in [5.41, 5.74) is 2.33. The zero-order chi connectivity index (χ0) is 14.8. The first-order valence-electron chi connectivity index (χ1n) is 6.52. The van der Waals surface area contributed by atoms with Gasteiger partial charge >= 0.3 is 12.0 Å². The Hall–Kier alpha value is -2.83. The number of fused-ring (bicyclic) bond motifs is 1. The number of benzene rings is 1. The minimum Gasteiger partial charge on any atom is -0.480 e. The number of aromatic amines is 1. The summed E-state index contributed by atoms with van der Waals surface area (Å²) in [6.45, 7) is 0.292. The normalized spacial score (nSPS) is 16.6. The molecule has 2 aromatic rings. The summed E-state index contributed by atoms with van der Waals surface area (Å²) in [5.74, 6) is -1.01. The fourth-order valence-electron chi connectivity index (χ4n) is 2.47. The van der Waals surface area contributed by atoms with Crippen LogP contribution in [0.3, 0.4) is 0 Å². The lowest BCUT2D eigenvalue weighted by molar-refractivity contribution is -0.138. The molecule has 1 aromatic carbocycles. The quantitative estimate of drug-likeness (QED) is 0.787.